The third kappa shape index (κ3) is 5.18. The molecule has 0 spiro atoms. The molecule has 0 saturated carbocycles. The molecular formula is C21H13F3N4O4S. The molecule has 0 aliphatic carbocycles. The fourth-order valence-electron chi connectivity index (χ4n) is 2.88. The zero-order chi connectivity index (χ0) is 23.6. The molecule has 2 aromatic heterocycles. The maximum Gasteiger partial charge on any atom is 0.416 e. The summed E-state index contributed by atoms with van der Waals surface area (Å²) >= 11 is 1.45. The molecular weight excluding hydrogens is 461 g/mol. The number of carbonyl (C=O) groups excluding carboxylic acids is 1. The van der Waals surface area contributed by atoms with Gasteiger partial charge in [0.1, 0.15) is 11.5 Å². The van der Waals surface area contributed by atoms with Crippen molar-refractivity contribution in [2.45, 2.75) is 6.18 Å². The molecule has 0 bridgehead atoms. The van der Waals surface area contributed by atoms with Crippen LogP contribution in [-0.2, 0) is 6.18 Å². The number of benzene rings is 2. The Morgan fingerprint density at radius 2 is 1.91 bits per heavy atom. The number of ether oxygens (including phenoxy) is 1. The Kier molecular flexibility index (Phi) is 5.84. The number of aromatic amines is 1. The number of rotatable bonds is 6. The van der Waals surface area contributed by atoms with E-state index in [2.05, 4.69) is 15.5 Å². The van der Waals surface area contributed by atoms with Crippen LogP contribution >= 0.6 is 11.3 Å². The highest BCUT2D eigenvalue weighted by Gasteiger charge is 2.30. The highest BCUT2D eigenvalue weighted by molar-refractivity contribution is 7.13. The van der Waals surface area contributed by atoms with Gasteiger partial charge in [0.25, 0.3) is 11.6 Å². The first-order valence-corrected chi connectivity index (χ1v) is 10.1. The zero-order valence-electron chi connectivity index (χ0n) is 16.4. The van der Waals surface area contributed by atoms with E-state index in [1.807, 2.05) is 17.5 Å². The average molecular weight is 474 g/mol. The number of hydrogen-bond donors (Lipinski definition) is 2. The van der Waals surface area contributed by atoms with Crippen molar-refractivity contribution < 1.29 is 27.6 Å². The molecule has 168 valence electrons. The first-order valence-electron chi connectivity index (χ1n) is 9.24. The summed E-state index contributed by atoms with van der Waals surface area (Å²) in [4.78, 5) is 24.0. The van der Waals surface area contributed by atoms with E-state index < -0.39 is 28.3 Å². The molecule has 1 amide bonds. The van der Waals surface area contributed by atoms with Gasteiger partial charge in [-0.2, -0.15) is 18.3 Å². The van der Waals surface area contributed by atoms with Crippen molar-refractivity contribution in [3.05, 3.63) is 87.4 Å². The topological polar surface area (TPSA) is 110 Å². The number of carbonyl (C=O) groups is 1. The predicted molar refractivity (Wildman–Crippen MR) is 114 cm³/mol. The number of hydrogen-bond acceptors (Lipinski definition) is 6. The Balaban J connectivity index is 1.58. The van der Waals surface area contributed by atoms with Crippen LogP contribution in [0.1, 0.15) is 16.1 Å². The van der Waals surface area contributed by atoms with Crippen molar-refractivity contribution >= 4 is 28.6 Å². The van der Waals surface area contributed by atoms with Gasteiger partial charge in [-0.3, -0.25) is 20.0 Å². The smallest absolute Gasteiger partial charge is 0.416 e. The molecule has 2 heterocycles. The van der Waals surface area contributed by atoms with Crippen LogP contribution in [0.4, 0.5) is 24.5 Å². The van der Waals surface area contributed by atoms with E-state index in [-0.39, 0.29) is 22.9 Å². The quantitative estimate of drug-likeness (QED) is 0.259. The van der Waals surface area contributed by atoms with Crippen LogP contribution in [0.5, 0.6) is 11.5 Å². The van der Waals surface area contributed by atoms with Gasteiger partial charge in [0.15, 0.2) is 5.69 Å². The summed E-state index contributed by atoms with van der Waals surface area (Å²) in [6, 6.07) is 12.7. The fourth-order valence-corrected chi connectivity index (χ4v) is 3.58. The number of halogens is 3. The van der Waals surface area contributed by atoms with Gasteiger partial charge in [0, 0.05) is 12.1 Å². The summed E-state index contributed by atoms with van der Waals surface area (Å²) in [5.41, 5.74) is -0.667. The standard InChI is InChI=1S/C21H13F3N4O4S/c22-21(23,24)12-3-1-4-15(7-12)32-16-9-13(8-14(10-16)28(30)31)25-20(29)18-11-17(26-27-18)19-5-2-6-33-19/h1-11H,(H,25,29)(H,26,27). The predicted octanol–water partition coefficient (Wildman–Crippen LogP) is 6.11. The van der Waals surface area contributed by atoms with Crippen LogP contribution in [0, 0.1) is 10.1 Å². The maximum absolute atomic E-state index is 12.9. The molecule has 33 heavy (non-hydrogen) atoms. The number of nitrogens with zero attached hydrogens (tertiary/aromatic N) is 2. The normalized spacial score (nSPS) is 11.2. The van der Waals surface area contributed by atoms with Crippen LogP contribution in [0.2, 0.25) is 0 Å². The number of nitrogens with one attached hydrogen (secondary N) is 2. The molecule has 0 aliphatic rings. The van der Waals surface area contributed by atoms with E-state index >= 15 is 0 Å². The second-order valence-electron chi connectivity index (χ2n) is 6.70. The average Bonchev–Trinajstić information content (AvgIpc) is 3.45. The summed E-state index contributed by atoms with van der Waals surface area (Å²) in [6.07, 6.45) is -4.58. The van der Waals surface area contributed by atoms with Gasteiger partial charge < -0.3 is 10.1 Å². The maximum atomic E-state index is 12.9. The highest BCUT2D eigenvalue weighted by atomic mass is 32.1. The van der Waals surface area contributed by atoms with Gasteiger partial charge in [-0.15, -0.1) is 11.3 Å². The third-order valence-electron chi connectivity index (χ3n) is 4.35. The second kappa shape index (κ2) is 8.74. The van der Waals surface area contributed by atoms with Gasteiger partial charge in [-0.1, -0.05) is 12.1 Å². The first-order chi connectivity index (χ1) is 15.7. The summed E-state index contributed by atoms with van der Waals surface area (Å²) in [7, 11) is 0. The van der Waals surface area contributed by atoms with Crippen LogP contribution in [0.3, 0.4) is 0 Å². The lowest BCUT2D eigenvalue weighted by Gasteiger charge is -2.11. The SMILES string of the molecule is O=C(Nc1cc(Oc2cccc(C(F)(F)F)c2)cc([N+](=O)[O-])c1)c1cc(-c2cccs2)[nH]n1. The van der Waals surface area contributed by atoms with E-state index in [0.717, 1.165) is 35.2 Å². The van der Waals surface area contributed by atoms with Crippen molar-refractivity contribution in [3.8, 4) is 22.1 Å². The van der Waals surface area contributed by atoms with E-state index in [4.69, 9.17) is 4.74 Å². The summed E-state index contributed by atoms with van der Waals surface area (Å²) < 4.78 is 44.2. The van der Waals surface area contributed by atoms with Crippen LogP contribution in [0.15, 0.2) is 66.0 Å². The molecule has 2 N–H and O–H groups in total. The Morgan fingerprint density at radius 3 is 2.61 bits per heavy atom. The molecule has 0 radical (unpaired) electrons. The summed E-state index contributed by atoms with van der Waals surface area (Å²) in [6.45, 7) is 0. The molecule has 4 aromatic rings. The van der Waals surface area contributed by atoms with E-state index in [1.165, 1.54) is 29.5 Å². The van der Waals surface area contributed by atoms with E-state index in [9.17, 15) is 28.1 Å². The van der Waals surface area contributed by atoms with Crippen molar-refractivity contribution in [2.24, 2.45) is 0 Å². The Morgan fingerprint density at radius 1 is 1.09 bits per heavy atom. The number of thiophene rings is 1. The van der Waals surface area contributed by atoms with Crippen LogP contribution in [0.25, 0.3) is 10.6 Å². The van der Waals surface area contributed by atoms with Gasteiger partial charge in [0.05, 0.1) is 32.8 Å². The molecule has 2 aromatic carbocycles. The fraction of sp³-hybridized carbons (Fsp3) is 0.0476. The first kappa shape index (κ1) is 22.0. The van der Waals surface area contributed by atoms with Gasteiger partial charge >= 0.3 is 6.18 Å². The van der Waals surface area contributed by atoms with Crippen molar-refractivity contribution in [1.29, 1.82) is 0 Å². The highest BCUT2D eigenvalue weighted by Crippen LogP contribution is 2.34. The minimum Gasteiger partial charge on any atom is -0.457 e. The monoisotopic (exact) mass is 474 g/mol. The molecule has 4 rings (SSSR count). The number of nitro benzene ring substituents is 1. The van der Waals surface area contributed by atoms with Gasteiger partial charge in [-0.25, -0.2) is 0 Å². The number of anilines is 1. The number of amides is 1. The number of aromatic nitrogens is 2. The Hall–Kier alpha value is -4.19. The van der Waals surface area contributed by atoms with Crippen molar-refractivity contribution in [2.75, 3.05) is 5.32 Å². The molecule has 0 unspecified atom stereocenters. The minimum atomic E-state index is -4.58. The number of alkyl halides is 3. The number of H-pyrrole nitrogens is 1. The lowest BCUT2D eigenvalue weighted by molar-refractivity contribution is -0.384. The molecule has 0 saturated heterocycles. The summed E-state index contributed by atoms with van der Waals surface area (Å²) in [5, 5.41) is 22.4. The van der Waals surface area contributed by atoms with Crippen LogP contribution < -0.4 is 10.1 Å². The lowest BCUT2D eigenvalue weighted by atomic mass is 10.2. The van der Waals surface area contributed by atoms with Crippen molar-refractivity contribution in [1.82, 2.24) is 10.2 Å². The largest absolute Gasteiger partial charge is 0.457 e. The van der Waals surface area contributed by atoms with Gasteiger partial charge in [-0.05, 0) is 35.7 Å². The van der Waals surface area contributed by atoms with E-state index in [0.29, 0.717) is 5.69 Å². The lowest BCUT2D eigenvalue weighted by Crippen LogP contribution is -2.12. The number of non-ortho nitro benzene ring substituents is 1. The molecule has 0 aliphatic heterocycles. The minimum absolute atomic E-state index is 0.0110. The third-order valence-corrected chi connectivity index (χ3v) is 5.26. The molecule has 0 fully saturated rings. The Bertz CT molecular complexity index is 1320. The molecule has 0 atom stereocenters. The van der Waals surface area contributed by atoms with Crippen LogP contribution in [-0.4, -0.2) is 21.0 Å². The van der Waals surface area contributed by atoms with Crippen molar-refractivity contribution in [3.63, 3.8) is 0 Å². The zero-order valence-corrected chi connectivity index (χ0v) is 17.2. The Labute approximate surface area is 187 Å². The molecule has 12 heteroatoms. The molecule has 8 nitrogen and oxygen atoms in total. The second-order valence-corrected chi connectivity index (χ2v) is 7.65. The summed E-state index contributed by atoms with van der Waals surface area (Å²) in [5.74, 6) is -0.935. The van der Waals surface area contributed by atoms with E-state index in [1.54, 1.807) is 0 Å². The van der Waals surface area contributed by atoms with Gasteiger partial charge in [0.2, 0.25) is 0 Å². The number of nitro groups is 1.